The minimum Gasteiger partial charge on any atom is -0.350 e. The summed E-state index contributed by atoms with van der Waals surface area (Å²) in [6, 6.07) is 5.43. The number of carbonyl (C=O) groups excluding carboxylic acids is 3. The van der Waals surface area contributed by atoms with Crippen LogP contribution in [0.2, 0.25) is 0 Å². The second-order valence-electron chi connectivity index (χ2n) is 7.01. The van der Waals surface area contributed by atoms with E-state index in [1.807, 2.05) is 6.07 Å². The van der Waals surface area contributed by atoms with Crippen LogP contribution in [-0.2, 0) is 20.9 Å². The van der Waals surface area contributed by atoms with Gasteiger partial charge in [0.25, 0.3) is 0 Å². The molecular formula is C19H21N5O3. The minimum atomic E-state index is -0.340. The van der Waals surface area contributed by atoms with Gasteiger partial charge in [0.2, 0.25) is 17.7 Å². The number of hydrogen-bond donors (Lipinski definition) is 1. The van der Waals surface area contributed by atoms with E-state index in [1.54, 1.807) is 35.4 Å². The number of hydrogen-bond acceptors (Lipinski definition) is 5. The average Bonchev–Trinajstić information content (AvgIpc) is 3.31. The lowest BCUT2D eigenvalue weighted by molar-refractivity contribution is -0.143. The Balaban J connectivity index is 1.36. The highest BCUT2D eigenvalue weighted by atomic mass is 16.2. The molecule has 8 heteroatoms. The molecule has 3 amide bonds. The van der Waals surface area contributed by atoms with Crippen LogP contribution in [0.15, 0.2) is 36.8 Å². The molecule has 0 spiro atoms. The van der Waals surface area contributed by atoms with Crippen molar-refractivity contribution in [2.45, 2.75) is 32.2 Å². The first-order chi connectivity index (χ1) is 13.1. The van der Waals surface area contributed by atoms with Gasteiger partial charge in [-0.25, -0.2) is 9.67 Å². The third-order valence-electron chi connectivity index (χ3n) is 5.27. The molecule has 2 fully saturated rings. The van der Waals surface area contributed by atoms with Crippen LogP contribution >= 0.6 is 0 Å². The third kappa shape index (κ3) is 3.47. The Morgan fingerprint density at radius 2 is 1.89 bits per heavy atom. The van der Waals surface area contributed by atoms with Gasteiger partial charge in [0.15, 0.2) is 5.82 Å². The molecule has 140 valence electrons. The van der Waals surface area contributed by atoms with Gasteiger partial charge >= 0.3 is 0 Å². The number of aromatic nitrogens is 3. The maximum absolute atomic E-state index is 12.4. The summed E-state index contributed by atoms with van der Waals surface area (Å²) >= 11 is 0. The molecule has 8 nitrogen and oxygen atoms in total. The van der Waals surface area contributed by atoms with E-state index < -0.39 is 0 Å². The molecule has 2 aromatic heterocycles. The Hall–Kier alpha value is -3.03. The smallest absolute Gasteiger partial charge is 0.240 e. The van der Waals surface area contributed by atoms with Crippen molar-refractivity contribution in [3.05, 3.63) is 42.4 Å². The Morgan fingerprint density at radius 1 is 1.15 bits per heavy atom. The maximum Gasteiger partial charge on any atom is 0.240 e. The standard InChI is InChI=1S/C19H21N5O3/c25-17(12-23-18(26)14-4-1-2-5-15(14)19(23)27)21-11-13-6-8-20-16(10-13)24-9-3-7-22-24/h3,6-10,14-15H,1-2,4-5,11-12H2,(H,21,25)/t14-,15-/m0/s1. The maximum atomic E-state index is 12.4. The van der Waals surface area contributed by atoms with Crippen molar-refractivity contribution >= 4 is 17.7 Å². The normalized spacial score (nSPS) is 22.0. The molecule has 1 aliphatic heterocycles. The molecule has 2 aliphatic rings. The fourth-order valence-electron chi connectivity index (χ4n) is 3.89. The highest BCUT2D eigenvalue weighted by molar-refractivity contribution is 6.07. The Kier molecular flexibility index (Phi) is 4.70. The van der Waals surface area contributed by atoms with Gasteiger partial charge in [0, 0.05) is 25.1 Å². The van der Waals surface area contributed by atoms with E-state index in [0.29, 0.717) is 12.4 Å². The monoisotopic (exact) mass is 367 g/mol. The number of rotatable bonds is 5. The predicted octanol–water partition coefficient (Wildman–Crippen LogP) is 1.06. The second-order valence-corrected chi connectivity index (χ2v) is 7.01. The molecule has 0 unspecified atom stereocenters. The van der Waals surface area contributed by atoms with Crippen molar-refractivity contribution in [3.63, 3.8) is 0 Å². The van der Waals surface area contributed by atoms with Crippen LogP contribution in [0.3, 0.4) is 0 Å². The molecule has 1 saturated heterocycles. The summed E-state index contributed by atoms with van der Waals surface area (Å²) in [5, 5.41) is 6.91. The van der Waals surface area contributed by atoms with Crippen LogP contribution < -0.4 is 5.32 Å². The number of amides is 3. The largest absolute Gasteiger partial charge is 0.350 e. The van der Waals surface area contributed by atoms with Gasteiger partial charge in [-0.1, -0.05) is 12.8 Å². The van der Waals surface area contributed by atoms with E-state index >= 15 is 0 Å². The molecule has 2 aromatic rings. The predicted molar refractivity (Wildman–Crippen MR) is 95.4 cm³/mol. The lowest BCUT2D eigenvalue weighted by atomic mass is 9.81. The Labute approximate surface area is 156 Å². The average molecular weight is 367 g/mol. The van der Waals surface area contributed by atoms with Crippen molar-refractivity contribution in [2.24, 2.45) is 11.8 Å². The summed E-state index contributed by atoms with van der Waals surface area (Å²) in [6.45, 7) is 0.0838. The van der Waals surface area contributed by atoms with Crippen molar-refractivity contribution in [3.8, 4) is 5.82 Å². The van der Waals surface area contributed by atoms with Gasteiger partial charge in [-0.3, -0.25) is 19.3 Å². The molecule has 2 atom stereocenters. The van der Waals surface area contributed by atoms with E-state index in [0.717, 1.165) is 36.1 Å². The number of carbonyl (C=O) groups is 3. The van der Waals surface area contributed by atoms with Gasteiger partial charge in [-0.2, -0.15) is 5.10 Å². The van der Waals surface area contributed by atoms with Gasteiger partial charge < -0.3 is 5.32 Å². The molecule has 1 N–H and O–H groups in total. The Bertz CT molecular complexity index is 840. The van der Waals surface area contributed by atoms with Crippen LogP contribution in [0.4, 0.5) is 0 Å². The zero-order valence-corrected chi connectivity index (χ0v) is 14.9. The van der Waals surface area contributed by atoms with Crippen molar-refractivity contribution in [1.29, 1.82) is 0 Å². The lowest BCUT2D eigenvalue weighted by Crippen LogP contribution is -2.40. The zero-order valence-electron chi connectivity index (χ0n) is 14.9. The number of nitrogens with one attached hydrogen (secondary N) is 1. The summed E-state index contributed by atoms with van der Waals surface area (Å²) in [5.41, 5.74) is 0.858. The zero-order chi connectivity index (χ0) is 18.8. The number of imide groups is 1. The molecular weight excluding hydrogens is 346 g/mol. The SMILES string of the molecule is O=C(CN1C(=O)[C@H]2CCCC[C@@H]2C1=O)NCc1ccnc(-n2cccn2)c1. The molecule has 0 aromatic carbocycles. The molecule has 1 saturated carbocycles. The first kappa shape index (κ1) is 17.4. The fraction of sp³-hybridized carbons (Fsp3) is 0.421. The van der Waals surface area contributed by atoms with E-state index in [1.165, 1.54) is 0 Å². The van der Waals surface area contributed by atoms with Gasteiger partial charge in [-0.15, -0.1) is 0 Å². The number of likely N-dealkylation sites (tertiary alicyclic amines) is 1. The fourth-order valence-corrected chi connectivity index (χ4v) is 3.89. The molecule has 1 aliphatic carbocycles. The topological polar surface area (TPSA) is 97.2 Å². The van der Waals surface area contributed by atoms with E-state index in [-0.39, 0.29) is 36.1 Å². The van der Waals surface area contributed by atoms with Gasteiger partial charge in [0.1, 0.15) is 6.54 Å². The second kappa shape index (κ2) is 7.30. The summed E-state index contributed by atoms with van der Waals surface area (Å²) in [7, 11) is 0. The van der Waals surface area contributed by atoms with Gasteiger partial charge in [-0.05, 0) is 36.6 Å². The van der Waals surface area contributed by atoms with Crippen molar-refractivity contribution in [1.82, 2.24) is 25.0 Å². The van der Waals surface area contributed by atoms with E-state index in [2.05, 4.69) is 15.4 Å². The van der Waals surface area contributed by atoms with Crippen molar-refractivity contribution in [2.75, 3.05) is 6.54 Å². The van der Waals surface area contributed by atoms with Crippen LogP contribution in [0.5, 0.6) is 0 Å². The van der Waals surface area contributed by atoms with Gasteiger partial charge in [0.05, 0.1) is 11.8 Å². The number of nitrogens with zero attached hydrogens (tertiary/aromatic N) is 4. The molecule has 0 bridgehead atoms. The molecule has 3 heterocycles. The highest BCUT2D eigenvalue weighted by Gasteiger charge is 2.48. The van der Waals surface area contributed by atoms with Crippen LogP contribution in [0.1, 0.15) is 31.2 Å². The lowest BCUT2D eigenvalue weighted by Gasteiger charge is -2.19. The minimum absolute atomic E-state index is 0.190. The van der Waals surface area contributed by atoms with Crippen LogP contribution in [-0.4, -0.2) is 43.9 Å². The molecule has 0 radical (unpaired) electrons. The molecule has 27 heavy (non-hydrogen) atoms. The Morgan fingerprint density at radius 3 is 2.56 bits per heavy atom. The summed E-state index contributed by atoms with van der Waals surface area (Å²) < 4.78 is 1.63. The molecule has 4 rings (SSSR count). The highest BCUT2D eigenvalue weighted by Crippen LogP contribution is 2.37. The summed E-state index contributed by atoms with van der Waals surface area (Å²) in [6.07, 6.45) is 8.55. The quantitative estimate of drug-likeness (QED) is 0.797. The van der Waals surface area contributed by atoms with E-state index in [4.69, 9.17) is 0 Å². The van der Waals surface area contributed by atoms with E-state index in [9.17, 15) is 14.4 Å². The summed E-state index contributed by atoms with van der Waals surface area (Å²) in [5.74, 6) is -0.519. The number of fused-ring (bicyclic) bond motifs is 1. The van der Waals surface area contributed by atoms with Crippen LogP contribution in [0, 0.1) is 11.8 Å². The third-order valence-corrected chi connectivity index (χ3v) is 5.27. The first-order valence-electron chi connectivity index (χ1n) is 9.20. The van der Waals surface area contributed by atoms with Crippen LogP contribution in [0.25, 0.3) is 5.82 Å². The summed E-state index contributed by atoms with van der Waals surface area (Å²) in [4.78, 5) is 42.6. The van der Waals surface area contributed by atoms with Crippen molar-refractivity contribution < 1.29 is 14.4 Å². The first-order valence-corrected chi connectivity index (χ1v) is 9.20. The number of pyridine rings is 1.